The maximum Gasteiger partial charge on any atom is 0.230 e. The fraction of sp³-hybridized carbons (Fsp3) is 0.533. The van der Waals surface area contributed by atoms with Gasteiger partial charge in [-0.3, -0.25) is 4.79 Å². The third kappa shape index (κ3) is 3.72. The first kappa shape index (κ1) is 14.4. The number of amides is 1. The molecular formula is C15H20BrNO2. The highest BCUT2D eigenvalue weighted by Gasteiger charge is 2.22. The minimum absolute atomic E-state index is 0.163. The van der Waals surface area contributed by atoms with Crippen molar-refractivity contribution in [2.24, 2.45) is 5.92 Å². The molecule has 104 valence electrons. The summed E-state index contributed by atoms with van der Waals surface area (Å²) < 4.78 is 5.63. The number of para-hydroxylation sites is 2. The number of alkyl halides is 1. The van der Waals surface area contributed by atoms with Crippen LogP contribution in [0.5, 0.6) is 5.75 Å². The number of ether oxygens (including phenoxy) is 1. The molecule has 0 bridgehead atoms. The van der Waals surface area contributed by atoms with Crippen molar-refractivity contribution in [1.29, 1.82) is 0 Å². The third-order valence-electron chi connectivity index (χ3n) is 3.48. The van der Waals surface area contributed by atoms with Gasteiger partial charge in [-0.15, -0.1) is 0 Å². The van der Waals surface area contributed by atoms with Gasteiger partial charge in [-0.2, -0.15) is 0 Å². The van der Waals surface area contributed by atoms with Crippen molar-refractivity contribution in [2.45, 2.75) is 26.2 Å². The molecule has 0 aromatic heterocycles. The van der Waals surface area contributed by atoms with Gasteiger partial charge in [-0.25, -0.2) is 0 Å². The van der Waals surface area contributed by atoms with E-state index >= 15 is 0 Å². The molecule has 1 unspecified atom stereocenters. The van der Waals surface area contributed by atoms with Gasteiger partial charge in [0.2, 0.25) is 5.91 Å². The van der Waals surface area contributed by atoms with Gasteiger partial charge >= 0.3 is 0 Å². The molecule has 1 aliphatic rings. The molecule has 0 N–H and O–H groups in total. The molecule has 1 aromatic carbocycles. The van der Waals surface area contributed by atoms with Crippen LogP contribution in [0.2, 0.25) is 0 Å². The Morgan fingerprint density at radius 3 is 2.95 bits per heavy atom. The van der Waals surface area contributed by atoms with E-state index in [1.54, 1.807) is 0 Å². The number of hydrogen-bond acceptors (Lipinski definition) is 2. The lowest BCUT2D eigenvalue weighted by atomic mass is 10.0. The predicted octanol–water partition coefficient (Wildman–Crippen LogP) is 3.61. The molecule has 0 spiro atoms. The van der Waals surface area contributed by atoms with E-state index in [-0.39, 0.29) is 5.91 Å². The van der Waals surface area contributed by atoms with Gasteiger partial charge in [0.1, 0.15) is 5.75 Å². The molecular weight excluding hydrogens is 306 g/mol. The van der Waals surface area contributed by atoms with Crippen LogP contribution in [0.25, 0.3) is 0 Å². The maximum atomic E-state index is 12.2. The smallest absolute Gasteiger partial charge is 0.230 e. The maximum absolute atomic E-state index is 12.2. The Kier molecular flexibility index (Phi) is 5.25. The Balaban J connectivity index is 2.10. The van der Waals surface area contributed by atoms with E-state index in [0.717, 1.165) is 36.2 Å². The van der Waals surface area contributed by atoms with Crippen molar-refractivity contribution in [1.82, 2.24) is 0 Å². The highest BCUT2D eigenvalue weighted by molar-refractivity contribution is 9.09. The van der Waals surface area contributed by atoms with Crippen LogP contribution < -0.4 is 9.64 Å². The number of anilines is 1. The van der Waals surface area contributed by atoms with Crippen molar-refractivity contribution in [2.75, 3.05) is 23.4 Å². The molecule has 2 rings (SSSR count). The monoisotopic (exact) mass is 325 g/mol. The topological polar surface area (TPSA) is 29.5 Å². The summed E-state index contributed by atoms with van der Waals surface area (Å²) in [6.45, 7) is 3.47. The van der Waals surface area contributed by atoms with Gasteiger partial charge in [-0.1, -0.05) is 35.0 Å². The second-order valence-corrected chi connectivity index (χ2v) is 5.78. The van der Waals surface area contributed by atoms with Crippen LogP contribution in [0.1, 0.15) is 26.2 Å². The van der Waals surface area contributed by atoms with E-state index in [2.05, 4.69) is 22.9 Å². The van der Waals surface area contributed by atoms with Crippen LogP contribution >= 0.6 is 15.9 Å². The van der Waals surface area contributed by atoms with Crippen molar-refractivity contribution >= 4 is 27.5 Å². The molecule has 1 aliphatic heterocycles. The molecule has 0 saturated heterocycles. The number of fused-ring (bicyclic) bond motifs is 1. The average molecular weight is 326 g/mol. The van der Waals surface area contributed by atoms with Crippen LogP contribution in [0.4, 0.5) is 5.69 Å². The summed E-state index contributed by atoms with van der Waals surface area (Å²) in [5.74, 6) is 1.60. The molecule has 0 radical (unpaired) electrons. The van der Waals surface area contributed by atoms with E-state index in [9.17, 15) is 4.79 Å². The normalized spacial score (nSPS) is 16.5. The van der Waals surface area contributed by atoms with Gasteiger partial charge in [0, 0.05) is 11.9 Å². The SMILES string of the molecule is CC(CCBr)CCN1C(=O)CCOc2ccccc21. The highest BCUT2D eigenvalue weighted by atomic mass is 79.9. The zero-order chi connectivity index (χ0) is 13.7. The lowest BCUT2D eigenvalue weighted by Crippen LogP contribution is -2.32. The predicted molar refractivity (Wildman–Crippen MR) is 81.1 cm³/mol. The lowest BCUT2D eigenvalue weighted by molar-refractivity contribution is -0.118. The second kappa shape index (κ2) is 6.94. The van der Waals surface area contributed by atoms with E-state index in [0.29, 0.717) is 18.9 Å². The van der Waals surface area contributed by atoms with Crippen LogP contribution in [0.3, 0.4) is 0 Å². The number of halogens is 1. The number of rotatable bonds is 5. The van der Waals surface area contributed by atoms with E-state index in [1.807, 2.05) is 29.2 Å². The first-order valence-corrected chi connectivity index (χ1v) is 7.92. The number of benzene rings is 1. The fourth-order valence-corrected chi connectivity index (χ4v) is 3.03. The summed E-state index contributed by atoms with van der Waals surface area (Å²) >= 11 is 3.47. The van der Waals surface area contributed by atoms with Crippen molar-refractivity contribution in [3.63, 3.8) is 0 Å². The number of carbonyl (C=O) groups excluding carboxylic acids is 1. The molecule has 1 heterocycles. The number of carbonyl (C=O) groups is 1. The minimum atomic E-state index is 0.163. The molecule has 19 heavy (non-hydrogen) atoms. The Labute approximate surface area is 123 Å². The third-order valence-corrected chi connectivity index (χ3v) is 3.94. The van der Waals surface area contributed by atoms with Gasteiger partial charge in [0.25, 0.3) is 0 Å². The summed E-state index contributed by atoms with van der Waals surface area (Å²) in [5.41, 5.74) is 0.913. The van der Waals surface area contributed by atoms with Crippen molar-refractivity contribution in [3.8, 4) is 5.75 Å². The fourth-order valence-electron chi connectivity index (χ4n) is 2.25. The molecule has 1 amide bonds. The molecule has 3 nitrogen and oxygen atoms in total. The minimum Gasteiger partial charge on any atom is -0.491 e. The standard InChI is InChI=1S/C15H20BrNO2/c1-12(6-9-16)7-10-17-13-4-2-3-5-14(13)19-11-8-15(17)18/h2-5,12H,6-11H2,1H3. The lowest BCUT2D eigenvalue weighted by Gasteiger charge is -2.23. The van der Waals surface area contributed by atoms with Crippen molar-refractivity contribution in [3.05, 3.63) is 24.3 Å². The van der Waals surface area contributed by atoms with Crippen LogP contribution in [-0.4, -0.2) is 24.4 Å². The second-order valence-electron chi connectivity index (χ2n) is 4.98. The van der Waals surface area contributed by atoms with Gasteiger partial charge < -0.3 is 9.64 Å². The highest BCUT2D eigenvalue weighted by Crippen LogP contribution is 2.31. The van der Waals surface area contributed by atoms with Gasteiger partial charge in [0.15, 0.2) is 0 Å². The Hall–Kier alpha value is -1.03. The van der Waals surface area contributed by atoms with Crippen LogP contribution in [-0.2, 0) is 4.79 Å². The zero-order valence-electron chi connectivity index (χ0n) is 11.3. The molecule has 1 atom stereocenters. The van der Waals surface area contributed by atoms with Gasteiger partial charge in [-0.05, 0) is 30.9 Å². The zero-order valence-corrected chi connectivity index (χ0v) is 12.9. The largest absolute Gasteiger partial charge is 0.491 e. The molecule has 0 fully saturated rings. The Morgan fingerprint density at radius 1 is 1.37 bits per heavy atom. The van der Waals surface area contributed by atoms with E-state index < -0.39 is 0 Å². The van der Waals surface area contributed by atoms with E-state index in [4.69, 9.17) is 4.74 Å². The molecule has 1 aromatic rings. The average Bonchev–Trinajstić information content (AvgIpc) is 2.55. The van der Waals surface area contributed by atoms with Crippen LogP contribution in [0, 0.1) is 5.92 Å². The summed E-state index contributed by atoms with van der Waals surface area (Å²) in [5, 5.41) is 1.02. The van der Waals surface area contributed by atoms with Crippen molar-refractivity contribution < 1.29 is 9.53 Å². The summed E-state index contributed by atoms with van der Waals surface area (Å²) in [7, 11) is 0. The van der Waals surface area contributed by atoms with Crippen LogP contribution in [0.15, 0.2) is 24.3 Å². The first-order chi connectivity index (χ1) is 9.22. The molecule has 0 aliphatic carbocycles. The Morgan fingerprint density at radius 2 is 2.16 bits per heavy atom. The Bertz CT molecular complexity index is 436. The molecule has 0 saturated carbocycles. The summed E-state index contributed by atoms with van der Waals surface area (Å²) in [6.07, 6.45) is 2.62. The van der Waals surface area contributed by atoms with Gasteiger partial charge in [0.05, 0.1) is 18.7 Å². The summed E-state index contributed by atoms with van der Waals surface area (Å²) in [6, 6.07) is 7.80. The molecule has 4 heteroatoms. The van der Waals surface area contributed by atoms with E-state index in [1.165, 1.54) is 0 Å². The number of nitrogens with zero attached hydrogens (tertiary/aromatic N) is 1. The summed E-state index contributed by atoms with van der Waals surface area (Å²) in [4.78, 5) is 14.1. The number of hydrogen-bond donors (Lipinski definition) is 0. The first-order valence-electron chi connectivity index (χ1n) is 6.80. The quantitative estimate of drug-likeness (QED) is 0.774.